The summed E-state index contributed by atoms with van der Waals surface area (Å²) >= 11 is 0. The van der Waals surface area contributed by atoms with Crippen molar-refractivity contribution in [1.82, 2.24) is 14.9 Å². The molecular weight excluding hydrogens is 358 g/mol. The van der Waals surface area contributed by atoms with Crippen molar-refractivity contribution < 1.29 is 4.79 Å². The van der Waals surface area contributed by atoms with Crippen molar-refractivity contribution in [2.24, 2.45) is 0 Å². The SMILES string of the molecule is O=C1c2ccccc2[C@@H](c2c[nH]c3ccccc23)N1Cc1c[nH]c2ccccc12. The van der Waals surface area contributed by atoms with Crippen molar-refractivity contribution in [2.75, 3.05) is 0 Å². The van der Waals surface area contributed by atoms with Crippen LogP contribution in [0.15, 0.2) is 85.2 Å². The predicted octanol–water partition coefficient (Wildman–Crippen LogP) is 5.39. The number of aromatic amines is 2. The molecular formula is C25H19N3O. The van der Waals surface area contributed by atoms with Crippen LogP contribution in [0.5, 0.6) is 0 Å². The number of nitrogens with one attached hydrogen (secondary N) is 2. The molecule has 0 radical (unpaired) electrons. The van der Waals surface area contributed by atoms with E-state index in [0.717, 1.165) is 44.1 Å². The van der Waals surface area contributed by atoms with Crippen LogP contribution < -0.4 is 0 Å². The average Bonchev–Trinajstić information content (AvgIpc) is 3.44. The van der Waals surface area contributed by atoms with E-state index >= 15 is 0 Å². The number of hydrogen-bond acceptors (Lipinski definition) is 1. The summed E-state index contributed by atoms with van der Waals surface area (Å²) < 4.78 is 0. The van der Waals surface area contributed by atoms with Crippen molar-refractivity contribution >= 4 is 27.7 Å². The van der Waals surface area contributed by atoms with Gasteiger partial charge < -0.3 is 14.9 Å². The normalized spacial score (nSPS) is 16.1. The molecule has 4 nitrogen and oxygen atoms in total. The Hall–Kier alpha value is -3.79. The summed E-state index contributed by atoms with van der Waals surface area (Å²) in [5.41, 5.74) is 6.32. The second-order valence-electron chi connectivity index (χ2n) is 7.57. The van der Waals surface area contributed by atoms with Crippen molar-refractivity contribution in [3.8, 4) is 0 Å². The Bertz CT molecular complexity index is 1380. The lowest BCUT2D eigenvalue weighted by molar-refractivity contribution is 0.0737. The zero-order valence-corrected chi connectivity index (χ0v) is 15.7. The maximum atomic E-state index is 13.4. The maximum absolute atomic E-state index is 13.4. The number of hydrogen-bond donors (Lipinski definition) is 2. The number of aromatic nitrogens is 2. The van der Waals surface area contributed by atoms with Gasteiger partial charge in [-0.1, -0.05) is 54.6 Å². The lowest BCUT2D eigenvalue weighted by atomic mass is 9.97. The number of fused-ring (bicyclic) bond motifs is 3. The zero-order chi connectivity index (χ0) is 19.4. The van der Waals surface area contributed by atoms with Crippen LogP contribution in [0, 0.1) is 0 Å². The molecule has 1 amide bonds. The van der Waals surface area contributed by atoms with Crippen molar-refractivity contribution in [3.05, 3.63) is 107 Å². The fourth-order valence-electron chi connectivity index (χ4n) is 4.63. The van der Waals surface area contributed by atoms with Gasteiger partial charge in [0, 0.05) is 51.9 Å². The molecule has 0 fully saturated rings. The van der Waals surface area contributed by atoms with Gasteiger partial charge in [0.05, 0.1) is 6.04 Å². The molecule has 2 N–H and O–H groups in total. The summed E-state index contributed by atoms with van der Waals surface area (Å²) in [6.45, 7) is 0.557. The summed E-state index contributed by atoms with van der Waals surface area (Å²) in [7, 11) is 0. The van der Waals surface area contributed by atoms with E-state index in [2.05, 4.69) is 40.3 Å². The quantitative estimate of drug-likeness (QED) is 0.435. The van der Waals surface area contributed by atoms with Crippen LogP contribution in [0.3, 0.4) is 0 Å². The highest BCUT2D eigenvalue weighted by atomic mass is 16.2. The van der Waals surface area contributed by atoms with E-state index in [4.69, 9.17) is 0 Å². The Morgan fingerprint density at radius 2 is 1.38 bits per heavy atom. The molecule has 0 saturated carbocycles. The number of rotatable bonds is 3. The topological polar surface area (TPSA) is 51.9 Å². The highest BCUT2D eigenvalue weighted by Gasteiger charge is 2.38. The van der Waals surface area contributed by atoms with Gasteiger partial charge >= 0.3 is 0 Å². The van der Waals surface area contributed by atoms with Crippen LogP contribution in [-0.4, -0.2) is 20.8 Å². The van der Waals surface area contributed by atoms with E-state index < -0.39 is 0 Å². The Kier molecular flexibility index (Phi) is 3.41. The summed E-state index contributed by atoms with van der Waals surface area (Å²) in [4.78, 5) is 22.1. The third-order valence-corrected chi connectivity index (χ3v) is 5.99. The van der Waals surface area contributed by atoms with Gasteiger partial charge in [-0.05, 0) is 29.3 Å². The van der Waals surface area contributed by atoms with Gasteiger partial charge in [0.15, 0.2) is 0 Å². The van der Waals surface area contributed by atoms with Crippen LogP contribution in [0.2, 0.25) is 0 Å². The second kappa shape index (κ2) is 6.11. The molecule has 0 spiro atoms. The first-order valence-corrected chi connectivity index (χ1v) is 9.82. The van der Waals surface area contributed by atoms with Gasteiger partial charge in [-0.15, -0.1) is 0 Å². The lowest BCUT2D eigenvalue weighted by Crippen LogP contribution is -2.28. The van der Waals surface area contributed by atoms with Crippen molar-refractivity contribution in [1.29, 1.82) is 0 Å². The van der Waals surface area contributed by atoms with Gasteiger partial charge in [-0.2, -0.15) is 0 Å². The van der Waals surface area contributed by atoms with Crippen LogP contribution in [-0.2, 0) is 6.54 Å². The molecule has 3 aromatic carbocycles. The molecule has 6 rings (SSSR count). The van der Waals surface area contributed by atoms with Crippen molar-refractivity contribution in [3.63, 3.8) is 0 Å². The van der Waals surface area contributed by atoms with E-state index in [9.17, 15) is 4.79 Å². The third-order valence-electron chi connectivity index (χ3n) is 5.99. The first-order valence-electron chi connectivity index (χ1n) is 9.82. The molecule has 1 atom stereocenters. The van der Waals surface area contributed by atoms with Gasteiger partial charge in [-0.25, -0.2) is 0 Å². The van der Waals surface area contributed by atoms with E-state index in [1.54, 1.807) is 0 Å². The molecule has 1 aliphatic rings. The largest absolute Gasteiger partial charge is 0.361 e. The number of benzene rings is 3. The molecule has 0 aliphatic carbocycles. The summed E-state index contributed by atoms with van der Waals surface area (Å²) in [5, 5.41) is 2.32. The van der Waals surface area contributed by atoms with E-state index in [1.807, 2.05) is 59.8 Å². The highest BCUT2D eigenvalue weighted by Crippen LogP contribution is 2.42. The van der Waals surface area contributed by atoms with Gasteiger partial charge in [0.2, 0.25) is 0 Å². The number of para-hydroxylation sites is 2. The monoisotopic (exact) mass is 377 g/mol. The molecule has 2 aromatic heterocycles. The second-order valence-corrected chi connectivity index (χ2v) is 7.57. The van der Waals surface area contributed by atoms with E-state index in [-0.39, 0.29) is 11.9 Å². The van der Waals surface area contributed by atoms with Gasteiger partial charge in [0.25, 0.3) is 5.91 Å². The molecule has 140 valence electrons. The van der Waals surface area contributed by atoms with Crippen LogP contribution in [0.25, 0.3) is 21.8 Å². The maximum Gasteiger partial charge on any atom is 0.255 e. The van der Waals surface area contributed by atoms with Gasteiger partial charge in [0.1, 0.15) is 0 Å². The Balaban J connectivity index is 1.52. The Morgan fingerprint density at radius 3 is 2.24 bits per heavy atom. The molecule has 29 heavy (non-hydrogen) atoms. The predicted molar refractivity (Wildman–Crippen MR) is 115 cm³/mol. The first-order chi connectivity index (χ1) is 14.3. The number of H-pyrrole nitrogens is 2. The average molecular weight is 377 g/mol. The van der Waals surface area contributed by atoms with E-state index in [0.29, 0.717) is 6.54 Å². The van der Waals surface area contributed by atoms with Crippen molar-refractivity contribution in [2.45, 2.75) is 12.6 Å². The molecule has 0 saturated heterocycles. The minimum atomic E-state index is -0.108. The first kappa shape index (κ1) is 16.2. The number of amides is 1. The van der Waals surface area contributed by atoms with Crippen LogP contribution in [0.4, 0.5) is 0 Å². The number of nitrogens with zero attached hydrogens (tertiary/aromatic N) is 1. The smallest absolute Gasteiger partial charge is 0.255 e. The number of carbonyl (C=O) groups is 1. The summed E-state index contributed by atoms with van der Waals surface area (Å²) in [5.74, 6) is 0.0844. The number of carbonyl (C=O) groups excluding carboxylic acids is 1. The van der Waals surface area contributed by atoms with Crippen LogP contribution >= 0.6 is 0 Å². The highest BCUT2D eigenvalue weighted by molar-refractivity contribution is 6.01. The molecule has 1 aliphatic heterocycles. The lowest BCUT2D eigenvalue weighted by Gasteiger charge is -2.25. The standard InChI is InChI=1S/C25H19N3O/c29-25-20-10-2-1-9-19(20)24(21-14-27-23-12-6-4-8-18(21)23)28(25)15-16-13-26-22-11-5-3-7-17(16)22/h1-14,24,26-27H,15H2/t24-/m0/s1. The fourth-order valence-corrected chi connectivity index (χ4v) is 4.63. The Morgan fingerprint density at radius 1 is 0.724 bits per heavy atom. The van der Waals surface area contributed by atoms with Gasteiger partial charge in [-0.3, -0.25) is 4.79 Å². The zero-order valence-electron chi connectivity index (χ0n) is 15.7. The summed E-state index contributed by atoms with van der Waals surface area (Å²) in [6, 6.07) is 24.4. The molecule has 5 aromatic rings. The molecule has 4 heteroatoms. The molecule has 3 heterocycles. The molecule has 0 bridgehead atoms. The minimum absolute atomic E-state index is 0.0844. The van der Waals surface area contributed by atoms with Crippen LogP contribution in [0.1, 0.15) is 33.1 Å². The summed E-state index contributed by atoms with van der Waals surface area (Å²) in [6.07, 6.45) is 4.07. The minimum Gasteiger partial charge on any atom is -0.361 e. The third kappa shape index (κ3) is 2.36. The Labute approximate surface area is 167 Å². The fraction of sp³-hybridized carbons (Fsp3) is 0.0800. The van der Waals surface area contributed by atoms with E-state index in [1.165, 1.54) is 0 Å². The molecule has 0 unspecified atom stereocenters.